The first-order valence-electron chi connectivity index (χ1n) is 7.20. The van der Waals surface area contributed by atoms with Crippen molar-refractivity contribution >= 4 is 18.0 Å². The van der Waals surface area contributed by atoms with Gasteiger partial charge in [-0.15, -0.1) is 0 Å². The van der Waals surface area contributed by atoms with E-state index >= 15 is 0 Å². The molecule has 0 bridgehead atoms. The molecular formula is C13H22N4O4. The Morgan fingerprint density at radius 1 is 1.43 bits per heavy atom. The minimum Gasteiger partial charge on any atom is -0.481 e. The summed E-state index contributed by atoms with van der Waals surface area (Å²) in [5, 5.41) is 14.5. The summed E-state index contributed by atoms with van der Waals surface area (Å²) in [5.41, 5.74) is 0. The van der Waals surface area contributed by atoms with E-state index < -0.39 is 11.9 Å². The molecule has 0 aromatic carbocycles. The summed E-state index contributed by atoms with van der Waals surface area (Å²) in [6.45, 7) is 5.76. The Morgan fingerprint density at radius 3 is 2.76 bits per heavy atom. The molecule has 0 aliphatic carbocycles. The lowest BCUT2D eigenvalue weighted by Crippen LogP contribution is -2.56. The quantitative estimate of drug-likeness (QED) is 0.666. The van der Waals surface area contributed by atoms with E-state index in [0.29, 0.717) is 26.2 Å². The first-order chi connectivity index (χ1) is 9.90. The van der Waals surface area contributed by atoms with Gasteiger partial charge in [0.1, 0.15) is 0 Å². The second-order valence-corrected chi connectivity index (χ2v) is 5.85. The molecule has 8 nitrogen and oxygen atoms in total. The number of aliphatic carboxylic acids is 1. The number of fused-ring (bicyclic) bond motifs is 1. The summed E-state index contributed by atoms with van der Waals surface area (Å²) in [6.07, 6.45) is 0. The molecule has 0 spiro atoms. The van der Waals surface area contributed by atoms with Gasteiger partial charge in [0.25, 0.3) is 0 Å². The molecule has 0 aromatic heterocycles. The summed E-state index contributed by atoms with van der Waals surface area (Å²) in [5.74, 6) is -1.54. The maximum absolute atomic E-state index is 12.1. The van der Waals surface area contributed by atoms with Gasteiger partial charge in [0.2, 0.25) is 0 Å². The molecule has 4 amide bonds. The molecule has 2 aliphatic heterocycles. The molecule has 3 N–H and O–H groups in total. The summed E-state index contributed by atoms with van der Waals surface area (Å²) >= 11 is 0. The fourth-order valence-electron chi connectivity index (χ4n) is 2.71. The lowest BCUT2D eigenvalue weighted by molar-refractivity contribution is -0.142. The summed E-state index contributed by atoms with van der Waals surface area (Å²) in [7, 11) is 0. The van der Waals surface area contributed by atoms with E-state index in [1.165, 1.54) is 0 Å². The van der Waals surface area contributed by atoms with Crippen molar-refractivity contribution in [3.05, 3.63) is 0 Å². The van der Waals surface area contributed by atoms with Gasteiger partial charge >= 0.3 is 18.0 Å². The molecule has 0 aromatic rings. The molecule has 8 heteroatoms. The number of carboxylic acids is 1. The van der Waals surface area contributed by atoms with Crippen molar-refractivity contribution in [2.45, 2.75) is 19.9 Å². The molecule has 2 unspecified atom stereocenters. The van der Waals surface area contributed by atoms with Crippen molar-refractivity contribution in [3.8, 4) is 0 Å². The van der Waals surface area contributed by atoms with Gasteiger partial charge in [0.05, 0.1) is 12.0 Å². The van der Waals surface area contributed by atoms with Crippen LogP contribution in [0.5, 0.6) is 0 Å². The van der Waals surface area contributed by atoms with Gasteiger partial charge in [-0.05, 0) is 5.92 Å². The van der Waals surface area contributed by atoms with E-state index in [2.05, 4.69) is 10.6 Å². The molecule has 2 atom stereocenters. The largest absolute Gasteiger partial charge is 0.481 e. The highest BCUT2D eigenvalue weighted by atomic mass is 16.4. The van der Waals surface area contributed by atoms with Crippen molar-refractivity contribution in [1.29, 1.82) is 0 Å². The third kappa shape index (κ3) is 3.37. The average molecular weight is 298 g/mol. The first kappa shape index (κ1) is 15.4. The zero-order valence-corrected chi connectivity index (χ0v) is 12.3. The van der Waals surface area contributed by atoms with Crippen LogP contribution in [0.15, 0.2) is 0 Å². The number of piperazine rings is 1. The topological polar surface area (TPSA) is 102 Å². The van der Waals surface area contributed by atoms with Crippen molar-refractivity contribution in [1.82, 2.24) is 20.4 Å². The predicted molar refractivity (Wildman–Crippen MR) is 74.8 cm³/mol. The lowest BCUT2D eigenvalue weighted by Gasteiger charge is -2.36. The zero-order valence-electron chi connectivity index (χ0n) is 12.3. The maximum atomic E-state index is 12.1. The van der Waals surface area contributed by atoms with Crippen LogP contribution in [0.4, 0.5) is 9.59 Å². The van der Waals surface area contributed by atoms with Crippen LogP contribution in [0, 0.1) is 11.8 Å². The monoisotopic (exact) mass is 298 g/mol. The minimum absolute atomic E-state index is 0.0115. The number of carboxylic acid groups (broad SMARTS) is 1. The van der Waals surface area contributed by atoms with Crippen LogP contribution in [-0.4, -0.2) is 71.7 Å². The molecule has 0 radical (unpaired) electrons. The number of urea groups is 2. The van der Waals surface area contributed by atoms with Crippen LogP contribution in [0.3, 0.4) is 0 Å². The van der Waals surface area contributed by atoms with Crippen LogP contribution in [-0.2, 0) is 4.79 Å². The van der Waals surface area contributed by atoms with Crippen LogP contribution < -0.4 is 10.6 Å². The van der Waals surface area contributed by atoms with Gasteiger partial charge in [-0.25, -0.2) is 9.59 Å². The van der Waals surface area contributed by atoms with Crippen molar-refractivity contribution in [2.75, 3.05) is 32.7 Å². The van der Waals surface area contributed by atoms with E-state index in [1.54, 1.807) is 9.80 Å². The smallest absolute Gasteiger partial charge is 0.317 e. The third-order valence-electron chi connectivity index (χ3n) is 4.11. The normalized spacial score (nSPS) is 22.8. The van der Waals surface area contributed by atoms with Crippen molar-refractivity contribution < 1.29 is 19.5 Å². The number of nitrogens with zero attached hydrogens (tertiary/aromatic N) is 2. The SMILES string of the molecule is CC(C)C(CNC(=O)N1CCN2C(=O)NCC2C1)C(=O)O. The Bertz CT molecular complexity index is 440. The Kier molecular flexibility index (Phi) is 4.54. The molecule has 118 valence electrons. The summed E-state index contributed by atoms with van der Waals surface area (Å²) in [4.78, 5) is 38.1. The lowest BCUT2D eigenvalue weighted by atomic mass is 9.96. The molecule has 21 heavy (non-hydrogen) atoms. The van der Waals surface area contributed by atoms with Crippen LogP contribution in [0.1, 0.15) is 13.8 Å². The van der Waals surface area contributed by atoms with Crippen molar-refractivity contribution in [2.24, 2.45) is 11.8 Å². The van der Waals surface area contributed by atoms with Gasteiger partial charge in [-0.3, -0.25) is 4.79 Å². The van der Waals surface area contributed by atoms with E-state index in [1.807, 2.05) is 13.8 Å². The fraction of sp³-hybridized carbons (Fsp3) is 0.769. The van der Waals surface area contributed by atoms with E-state index in [-0.39, 0.29) is 30.6 Å². The van der Waals surface area contributed by atoms with Crippen LogP contribution in [0.25, 0.3) is 0 Å². The number of carbonyl (C=O) groups is 3. The van der Waals surface area contributed by atoms with E-state index in [9.17, 15) is 14.4 Å². The highest BCUT2D eigenvalue weighted by Gasteiger charge is 2.37. The molecule has 2 aliphatic rings. The Morgan fingerprint density at radius 2 is 2.14 bits per heavy atom. The maximum Gasteiger partial charge on any atom is 0.317 e. The Labute approximate surface area is 123 Å². The third-order valence-corrected chi connectivity index (χ3v) is 4.11. The molecule has 0 saturated carbocycles. The second-order valence-electron chi connectivity index (χ2n) is 5.85. The van der Waals surface area contributed by atoms with Gasteiger partial charge in [0.15, 0.2) is 0 Å². The molecule has 2 saturated heterocycles. The van der Waals surface area contributed by atoms with Gasteiger partial charge in [-0.1, -0.05) is 13.8 Å². The molecular weight excluding hydrogens is 276 g/mol. The van der Waals surface area contributed by atoms with Gasteiger partial charge < -0.3 is 25.5 Å². The highest BCUT2D eigenvalue weighted by Crippen LogP contribution is 2.15. The zero-order chi connectivity index (χ0) is 15.6. The number of carbonyl (C=O) groups excluding carboxylic acids is 2. The first-order valence-corrected chi connectivity index (χ1v) is 7.20. The number of nitrogens with one attached hydrogen (secondary N) is 2. The van der Waals surface area contributed by atoms with E-state index in [4.69, 9.17) is 5.11 Å². The number of amides is 4. The van der Waals surface area contributed by atoms with Crippen molar-refractivity contribution in [3.63, 3.8) is 0 Å². The van der Waals surface area contributed by atoms with Crippen LogP contribution in [0.2, 0.25) is 0 Å². The standard InChI is InChI=1S/C13H22N4O4/c1-8(2)10(11(18)19)6-15-12(20)16-3-4-17-9(7-16)5-14-13(17)21/h8-10H,3-7H2,1-2H3,(H,14,21)(H,15,20)(H,18,19). The number of rotatable bonds is 4. The second kappa shape index (κ2) is 6.19. The average Bonchev–Trinajstić information content (AvgIpc) is 2.79. The van der Waals surface area contributed by atoms with Gasteiger partial charge in [-0.2, -0.15) is 0 Å². The van der Waals surface area contributed by atoms with Crippen LogP contribution >= 0.6 is 0 Å². The Hall–Kier alpha value is -1.99. The molecule has 2 heterocycles. The van der Waals surface area contributed by atoms with E-state index in [0.717, 1.165) is 0 Å². The summed E-state index contributed by atoms with van der Waals surface area (Å²) in [6, 6.07) is -0.330. The number of hydrogen-bond acceptors (Lipinski definition) is 3. The predicted octanol–water partition coefficient (Wildman–Crippen LogP) is -0.238. The Balaban J connectivity index is 1.84. The fourth-order valence-corrected chi connectivity index (χ4v) is 2.71. The summed E-state index contributed by atoms with van der Waals surface area (Å²) < 4.78 is 0. The molecule has 2 fully saturated rings. The molecule has 2 rings (SSSR count). The van der Waals surface area contributed by atoms with Gasteiger partial charge in [0, 0.05) is 32.7 Å². The number of hydrogen-bond donors (Lipinski definition) is 3. The highest BCUT2D eigenvalue weighted by molar-refractivity contribution is 5.79. The minimum atomic E-state index is -0.902.